The molecular weight excluding hydrogens is 585 g/mol. The highest BCUT2D eigenvalue weighted by Gasteiger charge is 2.79. The minimum Gasteiger partial charge on any atom is -0.383 e. The Morgan fingerprint density at radius 1 is 0.930 bits per heavy atom. The summed E-state index contributed by atoms with van der Waals surface area (Å²) in [6.45, 7) is 1.42. The van der Waals surface area contributed by atoms with Gasteiger partial charge in [0.25, 0.3) is 0 Å². The number of nitrogens with one attached hydrogen (secondary N) is 1. The fourth-order valence-corrected chi connectivity index (χ4v) is 9.18. The first-order chi connectivity index (χ1) is 20.0. The first-order valence-electron chi connectivity index (χ1n) is 14.6. The lowest BCUT2D eigenvalue weighted by Gasteiger charge is -2.56. The summed E-state index contributed by atoms with van der Waals surface area (Å²) in [5, 5.41) is 11.4. The van der Waals surface area contributed by atoms with Crippen molar-refractivity contribution in [2.24, 2.45) is 17.3 Å². The van der Waals surface area contributed by atoms with E-state index in [1.54, 1.807) is 30.3 Å². The highest BCUT2D eigenvalue weighted by Crippen LogP contribution is 2.70. The molecule has 0 spiro atoms. The van der Waals surface area contributed by atoms with Crippen LogP contribution < -0.4 is 0 Å². The van der Waals surface area contributed by atoms with Crippen LogP contribution in [-0.2, 0) is 14.5 Å². The van der Waals surface area contributed by atoms with Crippen molar-refractivity contribution in [1.82, 2.24) is 0 Å². The molecule has 0 heterocycles. The van der Waals surface area contributed by atoms with Crippen LogP contribution in [0.3, 0.4) is 0 Å². The molecule has 2 saturated carbocycles. The van der Waals surface area contributed by atoms with Crippen molar-refractivity contribution in [3.63, 3.8) is 0 Å². The highest BCUT2D eigenvalue weighted by atomic mass is 32.2. The number of rotatable bonds is 4. The average molecular weight is 620 g/mol. The summed E-state index contributed by atoms with van der Waals surface area (Å²) in [6.07, 6.45) is -1.58. The number of hydrogen-bond acceptors (Lipinski definition) is 4. The van der Waals surface area contributed by atoms with E-state index in [0.717, 1.165) is 33.4 Å². The van der Waals surface area contributed by atoms with Gasteiger partial charge in [-0.25, -0.2) is 8.99 Å². The van der Waals surface area contributed by atoms with Gasteiger partial charge in [-0.15, -0.1) is 0 Å². The maximum absolute atomic E-state index is 15.2. The molecule has 2 aromatic carbocycles. The van der Waals surface area contributed by atoms with Gasteiger partial charge in [-0.3, -0.25) is 4.79 Å². The van der Waals surface area contributed by atoms with Crippen molar-refractivity contribution in [2.75, 3.05) is 6.26 Å². The Labute approximate surface area is 248 Å². The maximum Gasteiger partial charge on any atom is 0.456 e. The number of fused-ring (bicyclic) bond motifs is 4. The zero-order chi connectivity index (χ0) is 31.2. The van der Waals surface area contributed by atoms with Crippen LogP contribution in [0.15, 0.2) is 76.2 Å². The summed E-state index contributed by atoms with van der Waals surface area (Å²) in [5.41, 5.74) is 0.449. The molecule has 1 unspecified atom stereocenters. The summed E-state index contributed by atoms with van der Waals surface area (Å²) in [7, 11) is -2.87. The summed E-state index contributed by atoms with van der Waals surface area (Å²) >= 11 is 0. The molecule has 4 aliphatic carbocycles. The lowest BCUT2D eigenvalue weighted by Crippen LogP contribution is -2.65. The normalized spacial score (nSPS) is 32.4. The van der Waals surface area contributed by atoms with Gasteiger partial charge in [0.05, 0.1) is 9.73 Å². The van der Waals surface area contributed by atoms with Crippen molar-refractivity contribution in [3.8, 4) is 11.1 Å². The summed E-state index contributed by atoms with van der Waals surface area (Å²) < 4.78 is 91.6. The molecule has 43 heavy (non-hydrogen) atoms. The molecular formula is C33H34F5NO3S. The lowest BCUT2D eigenvalue weighted by molar-refractivity contribution is -0.362. The molecule has 2 fully saturated rings. The predicted octanol–water partition coefficient (Wildman–Crippen LogP) is 8.22. The summed E-state index contributed by atoms with van der Waals surface area (Å²) in [5.74, 6) is -6.56. The number of benzene rings is 2. The van der Waals surface area contributed by atoms with E-state index in [0.29, 0.717) is 30.6 Å². The predicted molar refractivity (Wildman–Crippen MR) is 153 cm³/mol. The van der Waals surface area contributed by atoms with E-state index < -0.39 is 51.1 Å². The van der Waals surface area contributed by atoms with Crippen molar-refractivity contribution in [1.29, 1.82) is 4.78 Å². The Balaban J connectivity index is 1.45. The Bertz CT molecular complexity index is 1640. The number of alkyl halides is 5. The SMILES string of the molecule is C[C@]12C[C@H](c3ccc(-c4ccc(S(C)(=N)=O)cc4)cc3)C3=C4CCC(=O)C=C4CC[C@H]3[C@@H]1CC[C@@]2(O)C(F)(F)C(F)(F)F. The molecule has 0 radical (unpaired) electrons. The molecule has 0 amide bonds. The molecule has 6 rings (SSSR count). The van der Waals surface area contributed by atoms with Crippen molar-refractivity contribution in [3.05, 3.63) is 76.9 Å². The van der Waals surface area contributed by atoms with E-state index in [-0.39, 0.29) is 24.5 Å². The number of hydrogen-bond donors (Lipinski definition) is 2. The van der Waals surface area contributed by atoms with Gasteiger partial charge in [-0.05, 0) is 96.4 Å². The Morgan fingerprint density at radius 3 is 2.12 bits per heavy atom. The van der Waals surface area contributed by atoms with E-state index in [1.165, 1.54) is 13.2 Å². The zero-order valence-corrected chi connectivity index (χ0v) is 24.8. The van der Waals surface area contributed by atoms with Gasteiger partial charge in [0.2, 0.25) is 0 Å². The number of halogens is 5. The quantitative estimate of drug-likeness (QED) is 0.339. The Hall–Kier alpha value is -2.85. The Kier molecular flexibility index (Phi) is 6.90. The monoisotopic (exact) mass is 619 g/mol. The Morgan fingerprint density at radius 2 is 1.53 bits per heavy atom. The smallest absolute Gasteiger partial charge is 0.383 e. The van der Waals surface area contributed by atoms with E-state index in [1.807, 2.05) is 24.3 Å². The van der Waals surface area contributed by atoms with Crippen molar-refractivity contribution in [2.45, 2.75) is 80.4 Å². The largest absolute Gasteiger partial charge is 0.456 e. The second-order valence-corrected chi connectivity index (χ2v) is 15.1. The van der Waals surface area contributed by atoms with Crippen LogP contribution in [0.2, 0.25) is 0 Å². The number of allylic oxidation sites excluding steroid dienone is 4. The van der Waals surface area contributed by atoms with Crippen LogP contribution in [0.25, 0.3) is 11.1 Å². The van der Waals surface area contributed by atoms with Gasteiger partial charge in [-0.2, -0.15) is 22.0 Å². The number of carbonyl (C=O) groups is 1. The molecule has 4 nitrogen and oxygen atoms in total. The van der Waals surface area contributed by atoms with Crippen LogP contribution in [0.4, 0.5) is 22.0 Å². The standard InChI is InChI=1S/C33H34F5NO3S/c1-30-18-27(21-5-3-19(4-6-21)20-7-11-24(12-8-20)43(2,39)42)29-25-14-10-23(40)17-22(25)9-13-26(29)28(30)15-16-31(30,41)32(34,35)33(36,37)38/h3-8,11-12,17,26-28,39,41H,9-10,13-16,18H2,1-2H3/t26-,27+,28-,30-,31-,43?/m0/s1. The minimum atomic E-state index is -5.89. The molecule has 2 aromatic rings. The molecule has 0 bridgehead atoms. The number of aliphatic hydroxyl groups is 1. The van der Waals surface area contributed by atoms with Crippen LogP contribution >= 0.6 is 0 Å². The third-order valence-electron chi connectivity index (χ3n) is 10.7. The molecule has 0 saturated heterocycles. The molecule has 230 valence electrons. The fourth-order valence-electron chi connectivity index (χ4n) is 8.53. The van der Waals surface area contributed by atoms with Gasteiger partial charge in [0.15, 0.2) is 5.78 Å². The number of carbonyl (C=O) groups excluding carboxylic acids is 1. The molecule has 0 aromatic heterocycles. The first kappa shape index (κ1) is 30.2. The second kappa shape index (κ2) is 9.83. The van der Waals surface area contributed by atoms with Gasteiger partial charge < -0.3 is 5.11 Å². The molecule has 2 N–H and O–H groups in total. The molecule has 0 aliphatic heterocycles. The van der Waals surface area contributed by atoms with Crippen LogP contribution in [0, 0.1) is 22.0 Å². The van der Waals surface area contributed by atoms with Crippen molar-refractivity contribution >= 4 is 15.5 Å². The van der Waals surface area contributed by atoms with E-state index >= 15 is 8.78 Å². The summed E-state index contributed by atoms with van der Waals surface area (Å²) in [4.78, 5) is 12.7. The third kappa shape index (κ3) is 4.54. The zero-order valence-electron chi connectivity index (χ0n) is 23.9. The number of ketones is 1. The topological polar surface area (TPSA) is 78.2 Å². The molecule has 4 aliphatic rings. The van der Waals surface area contributed by atoms with E-state index in [4.69, 9.17) is 4.78 Å². The first-order valence-corrected chi connectivity index (χ1v) is 16.5. The maximum atomic E-state index is 15.2. The van der Waals surface area contributed by atoms with Crippen LogP contribution in [0.1, 0.15) is 63.4 Å². The van der Waals surface area contributed by atoms with Gasteiger partial charge >= 0.3 is 12.1 Å². The lowest BCUT2D eigenvalue weighted by atomic mass is 9.50. The minimum absolute atomic E-state index is 0.0368. The summed E-state index contributed by atoms with van der Waals surface area (Å²) in [6, 6.07) is 14.2. The fraction of sp³-hybridized carbons (Fsp3) is 0.485. The molecule has 10 heteroatoms. The van der Waals surface area contributed by atoms with Gasteiger partial charge in [-0.1, -0.05) is 48.9 Å². The van der Waals surface area contributed by atoms with E-state index in [9.17, 15) is 27.3 Å². The van der Waals surface area contributed by atoms with Gasteiger partial charge in [0, 0.05) is 28.9 Å². The molecule has 6 atom stereocenters. The second-order valence-electron chi connectivity index (χ2n) is 13.0. The van der Waals surface area contributed by atoms with E-state index in [2.05, 4.69) is 0 Å². The highest BCUT2D eigenvalue weighted by molar-refractivity contribution is 7.91. The average Bonchev–Trinajstić information content (AvgIpc) is 3.23. The van der Waals surface area contributed by atoms with Crippen molar-refractivity contribution < 1.29 is 36.1 Å². The van der Waals surface area contributed by atoms with Crippen LogP contribution in [-0.4, -0.2) is 39.1 Å². The van der Waals surface area contributed by atoms with Gasteiger partial charge in [0.1, 0.15) is 5.60 Å². The third-order valence-corrected chi connectivity index (χ3v) is 11.9. The van der Waals surface area contributed by atoms with Crippen LogP contribution in [0.5, 0.6) is 0 Å².